The Bertz CT molecular complexity index is 147. The number of hydrogen-bond acceptors (Lipinski definition) is 0. The molecule has 0 atom stereocenters. The van der Waals surface area contributed by atoms with Crippen molar-refractivity contribution in [3.63, 3.8) is 0 Å². The molecule has 0 aliphatic rings. The Labute approximate surface area is 84.4 Å². The zero-order valence-corrected chi connectivity index (χ0v) is 9.80. The van der Waals surface area contributed by atoms with E-state index in [-0.39, 0.29) is 0 Å². The van der Waals surface area contributed by atoms with Gasteiger partial charge in [-0.1, -0.05) is 56.4 Å². The minimum Gasteiger partial charge on any atom is -0.103 e. The summed E-state index contributed by atoms with van der Waals surface area (Å²) < 4.78 is 0. The average Bonchev–Trinajstić information content (AvgIpc) is 2.18. The summed E-state index contributed by atoms with van der Waals surface area (Å²) in [6, 6.07) is 0. The van der Waals surface area contributed by atoms with Crippen LogP contribution >= 0.6 is 0 Å². The van der Waals surface area contributed by atoms with E-state index < -0.39 is 0 Å². The first-order valence-corrected chi connectivity index (χ1v) is 4.72. The van der Waals surface area contributed by atoms with Crippen LogP contribution in [0.4, 0.5) is 0 Å². The van der Waals surface area contributed by atoms with E-state index in [1.165, 1.54) is 5.57 Å². The Balaban J connectivity index is -0.000000169. The standard InChI is InChI=1S/C8H12.C3H6.C2H6/c1-4-6-7-8(3)5-2;1-3-2;1-2/h4-7H,1H2,2-3H3;3H,1H2,2H3;1-2H3/b7-6-,8-5-;;. The Morgan fingerprint density at radius 1 is 1.08 bits per heavy atom. The van der Waals surface area contributed by atoms with Crippen molar-refractivity contribution in [2.75, 3.05) is 0 Å². The summed E-state index contributed by atoms with van der Waals surface area (Å²) in [7, 11) is 0. The highest BCUT2D eigenvalue weighted by molar-refractivity contribution is 5.18. The zero-order chi connectivity index (χ0) is 11.1. The van der Waals surface area contributed by atoms with E-state index >= 15 is 0 Å². The molecule has 0 saturated heterocycles. The van der Waals surface area contributed by atoms with Crippen LogP contribution in [0.1, 0.15) is 34.6 Å². The fourth-order valence-electron chi connectivity index (χ4n) is 0.316. The fourth-order valence-corrected chi connectivity index (χ4v) is 0.316. The second kappa shape index (κ2) is 22.4. The molecule has 0 rings (SSSR count). The molecule has 0 radical (unpaired) electrons. The third-order valence-electron chi connectivity index (χ3n) is 0.951. The molecule has 0 aliphatic heterocycles. The van der Waals surface area contributed by atoms with Gasteiger partial charge in [-0.3, -0.25) is 0 Å². The molecule has 0 aromatic heterocycles. The first-order chi connectivity index (χ1) is 6.22. The van der Waals surface area contributed by atoms with Gasteiger partial charge in [-0.2, -0.15) is 0 Å². The number of hydrogen-bond donors (Lipinski definition) is 0. The Kier molecular flexibility index (Phi) is 30.9. The second-order valence-corrected chi connectivity index (χ2v) is 2.04. The number of rotatable bonds is 2. The summed E-state index contributed by atoms with van der Waals surface area (Å²) in [5, 5.41) is 0. The van der Waals surface area contributed by atoms with Crippen molar-refractivity contribution >= 4 is 0 Å². The third-order valence-corrected chi connectivity index (χ3v) is 0.951. The molecule has 0 amide bonds. The summed E-state index contributed by atoms with van der Waals surface area (Å²) in [6.07, 6.45) is 9.52. The highest BCUT2D eigenvalue weighted by Crippen LogP contribution is 1.92. The molecule has 0 aromatic rings. The first-order valence-electron chi connectivity index (χ1n) is 4.72. The lowest BCUT2D eigenvalue weighted by Crippen LogP contribution is -1.60. The maximum absolute atomic E-state index is 3.55. The predicted octanol–water partition coefficient (Wildman–Crippen LogP) is 4.91. The molecule has 0 N–H and O–H groups in total. The van der Waals surface area contributed by atoms with Gasteiger partial charge in [0.2, 0.25) is 0 Å². The molecular formula is C13H24. The summed E-state index contributed by atoms with van der Waals surface area (Å²) >= 11 is 0. The maximum Gasteiger partial charge on any atom is -0.0401 e. The lowest BCUT2D eigenvalue weighted by molar-refractivity contribution is 1.48. The van der Waals surface area contributed by atoms with E-state index in [4.69, 9.17) is 0 Å². The number of allylic oxidation sites excluding steroid dienone is 6. The van der Waals surface area contributed by atoms with Crippen molar-refractivity contribution in [1.29, 1.82) is 0 Å². The van der Waals surface area contributed by atoms with Gasteiger partial charge in [0.05, 0.1) is 0 Å². The van der Waals surface area contributed by atoms with Crippen LogP contribution in [0.25, 0.3) is 0 Å². The van der Waals surface area contributed by atoms with E-state index in [1.807, 2.05) is 39.8 Å². The van der Waals surface area contributed by atoms with Crippen molar-refractivity contribution in [3.05, 3.63) is 49.1 Å². The minimum atomic E-state index is 1.27. The van der Waals surface area contributed by atoms with Gasteiger partial charge in [-0.15, -0.1) is 6.58 Å². The molecule has 0 unspecified atom stereocenters. The summed E-state index contributed by atoms with van der Waals surface area (Å²) in [6.45, 7) is 16.9. The first kappa shape index (κ1) is 17.9. The Morgan fingerprint density at radius 2 is 1.46 bits per heavy atom. The molecule has 0 spiro atoms. The fraction of sp³-hybridized carbons (Fsp3) is 0.385. The molecule has 13 heavy (non-hydrogen) atoms. The normalized spacial score (nSPS) is 9.15. The summed E-state index contributed by atoms with van der Waals surface area (Å²) in [5.41, 5.74) is 1.27. The largest absolute Gasteiger partial charge is 0.103 e. The SMILES string of the molecule is C=C/C=C\C(C)=C/C.C=CC.CC. The second-order valence-electron chi connectivity index (χ2n) is 2.04. The monoisotopic (exact) mass is 180 g/mol. The van der Waals surface area contributed by atoms with Gasteiger partial charge in [-0.25, -0.2) is 0 Å². The Morgan fingerprint density at radius 3 is 1.69 bits per heavy atom. The van der Waals surface area contributed by atoms with Gasteiger partial charge >= 0.3 is 0 Å². The van der Waals surface area contributed by atoms with Crippen molar-refractivity contribution in [2.45, 2.75) is 34.6 Å². The summed E-state index contributed by atoms with van der Waals surface area (Å²) in [4.78, 5) is 0. The predicted molar refractivity (Wildman–Crippen MR) is 66.0 cm³/mol. The van der Waals surface area contributed by atoms with Crippen molar-refractivity contribution < 1.29 is 0 Å². The molecule has 0 heterocycles. The van der Waals surface area contributed by atoms with Crippen LogP contribution in [0, 0.1) is 0 Å². The molecule has 0 aromatic carbocycles. The van der Waals surface area contributed by atoms with E-state index in [1.54, 1.807) is 12.2 Å². The van der Waals surface area contributed by atoms with Gasteiger partial charge in [0.15, 0.2) is 0 Å². The molecule has 0 nitrogen and oxygen atoms in total. The summed E-state index contributed by atoms with van der Waals surface area (Å²) in [5.74, 6) is 0. The van der Waals surface area contributed by atoms with Crippen LogP contribution in [0.5, 0.6) is 0 Å². The van der Waals surface area contributed by atoms with Crippen LogP contribution < -0.4 is 0 Å². The highest BCUT2D eigenvalue weighted by Gasteiger charge is 1.70. The molecule has 76 valence electrons. The quantitative estimate of drug-likeness (QED) is 0.418. The smallest absolute Gasteiger partial charge is 0.0401 e. The van der Waals surface area contributed by atoms with Gasteiger partial charge in [0.25, 0.3) is 0 Å². The lowest BCUT2D eigenvalue weighted by atomic mass is 10.3. The van der Waals surface area contributed by atoms with Crippen LogP contribution in [-0.2, 0) is 0 Å². The molecule has 0 fully saturated rings. The zero-order valence-electron chi connectivity index (χ0n) is 9.80. The van der Waals surface area contributed by atoms with E-state index in [9.17, 15) is 0 Å². The molecule has 0 bridgehead atoms. The minimum absolute atomic E-state index is 1.27. The van der Waals surface area contributed by atoms with Crippen molar-refractivity contribution in [2.24, 2.45) is 0 Å². The topological polar surface area (TPSA) is 0 Å². The lowest BCUT2D eigenvalue weighted by Gasteiger charge is -1.82. The van der Waals surface area contributed by atoms with Gasteiger partial charge < -0.3 is 0 Å². The van der Waals surface area contributed by atoms with Crippen LogP contribution in [0.3, 0.4) is 0 Å². The van der Waals surface area contributed by atoms with E-state index in [0.717, 1.165) is 0 Å². The van der Waals surface area contributed by atoms with E-state index in [0.29, 0.717) is 0 Å². The molecule has 0 heteroatoms. The average molecular weight is 180 g/mol. The highest BCUT2D eigenvalue weighted by atomic mass is 13.8. The van der Waals surface area contributed by atoms with Gasteiger partial charge in [0, 0.05) is 0 Å². The van der Waals surface area contributed by atoms with Crippen LogP contribution in [-0.4, -0.2) is 0 Å². The third kappa shape index (κ3) is 35.8. The Hall–Kier alpha value is -1.04. The maximum atomic E-state index is 3.55. The van der Waals surface area contributed by atoms with Crippen molar-refractivity contribution in [3.8, 4) is 0 Å². The molecule has 0 aliphatic carbocycles. The van der Waals surface area contributed by atoms with Crippen molar-refractivity contribution in [1.82, 2.24) is 0 Å². The van der Waals surface area contributed by atoms with Gasteiger partial charge in [0.1, 0.15) is 0 Å². The van der Waals surface area contributed by atoms with Gasteiger partial charge in [-0.05, 0) is 20.8 Å². The van der Waals surface area contributed by atoms with Crippen LogP contribution in [0.2, 0.25) is 0 Å². The molecular weight excluding hydrogens is 156 g/mol. The van der Waals surface area contributed by atoms with Crippen LogP contribution in [0.15, 0.2) is 49.1 Å². The van der Waals surface area contributed by atoms with E-state index in [2.05, 4.69) is 26.2 Å². The molecule has 0 saturated carbocycles.